The number of hydrogen-bond donors (Lipinski definition) is 2. The molecule has 1 aromatic carbocycles. The van der Waals surface area contributed by atoms with Crippen LogP contribution in [0.3, 0.4) is 0 Å². The predicted octanol–water partition coefficient (Wildman–Crippen LogP) is 0.871. The van der Waals surface area contributed by atoms with Crippen LogP contribution < -0.4 is 10.2 Å². The van der Waals surface area contributed by atoms with Gasteiger partial charge < -0.3 is 5.11 Å². The summed E-state index contributed by atoms with van der Waals surface area (Å²) < 4.78 is 0. The third-order valence-corrected chi connectivity index (χ3v) is 2.30. The fourth-order valence-corrected chi connectivity index (χ4v) is 1.25. The summed E-state index contributed by atoms with van der Waals surface area (Å²) in [6.07, 6.45) is 1.37. The summed E-state index contributed by atoms with van der Waals surface area (Å²) in [5.41, 5.74) is 0.930. The molecule has 0 fully saturated rings. The molecule has 1 aromatic rings. The minimum atomic E-state index is -1.28. The Morgan fingerprint density at radius 1 is 1.25 bits per heavy atom. The third kappa shape index (κ3) is 4.27. The van der Waals surface area contributed by atoms with Gasteiger partial charge in [-0.1, -0.05) is 0 Å². The number of carboxylic acid groups (broad SMARTS) is 1. The molecule has 0 bridgehead atoms. The number of carbonyl (C=O) groups is 3. The van der Waals surface area contributed by atoms with Crippen molar-refractivity contribution in [2.45, 2.75) is 0 Å². The van der Waals surface area contributed by atoms with Gasteiger partial charge in [0.25, 0.3) is 5.91 Å². The van der Waals surface area contributed by atoms with Crippen LogP contribution in [0.25, 0.3) is 0 Å². The van der Waals surface area contributed by atoms with Crippen molar-refractivity contribution >= 4 is 23.6 Å². The maximum Gasteiger partial charge on any atom is 0.328 e. The van der Waals surface area contributed by atoms with Gasteiger partial charge in [0.1, 0.15) is 0 Å². The fraction of sp³-hybridized carbons (Fsp3) is 0.0769. The summed E-state index contributed by atoms with van der Waals surface area (Å²) in [4.78, 5) is 34.3. The van der Waals surface area contributed by atoms with Gasteiger partial charge in [-0.2, -0.15) is 5.26 Å². The number of aliphatic carboxylic acids is 1. The van der Waals surface area contributed by atoms with Crippen molar-refractivity contribution in [1.29, 1.82) is 5.26 Å². The molecule has 0 saturated carbocycles. The number of carbonyl (C=O) groups excluding carboxylic acids is 2. The van der Waals surface area contributed by atoms with Gasteiger partial charge in [-0.05, 0) is 24.3 Å². The van der Waals surface area contributed by atoms with Gasteiger partial charge in [-0.15, -0.1) is 0 Å². The van der Waals surface area contributed by atoms with Crippen molar-refractivity contribution in [2.24, 2.45) is 0 Å². The van der Waals surface area contributed by atoms with Gasteiger partial charge in [0.05, 0.1) is 11.6 Å². The molecule has 0 aliphatic heterocycles. The minimum Gasteiger partial charge on any atom is -0.478 e. The quantitative estimate of drug-likeness (QED) is 0.794. The van der Waals surface area contributed by atoms with Crippen LogP contribution in [-0.2, 0) is 9.59 Å². The van der Waals surface area contributed by atoms with Gasteiger partial charge in [-0.3, -0.25) is 15.0 Å². The molecule has 1 rings (SSSR count). The molecule has 7 nitrogen and oxygen atoms in total. The van der Waals surface area contributed by atoms with E-state index in [4.69, 9.17) is 10.4 Å². The van der Waals surface area contributed by atoms with Crippen molar-refractivity contribution in [1.82, 2.24) is 5.32 Å². The van der Waals surface area contributed by atoms with Crippen molar-refractivity contribution in [3.05, 3.63) is 42.0 Å². The van der Waals surface area contributed by atoms with E-state index >= 15 is 0 Å². The lowest BCUT2D eigenvalue weighted by Crippen LogP contribution is -2.40. The zero-order valence-corrected chi connectivity index (χ0v) is 10.5. The lowest BCUT2D eigenvalue weighted by Gasteiger charge is -2.16. The highest BCUT2D eigenvalue weighted by Crippen LogP contribution is 2.13. The maximum absolute atomic E-state index is 11.7. The number of amides is 3. The molecule has 0 aliphatic carbocycles. The summed E-state index contributed by atoms with van der Waals surface area (Å²) in [5, 5.41) is 19.0. The van der Waals surface area contributed by atoms with Gasteiger partial charge >= 0.3 is 12.0 Å². The number of imide groups is 1. The molecule has 0 aromatic heterocycles. The van der Waals surface area contributed by atoms with Crippen molar-refractivity contribution in [3.63, 3.8) is 0 Å². The largest absolute Gasteiger partial charge is 0.478 e. The molecular formula is C13H11N3O4. The summed E-state index contributed by atoms with van der Waals surface area (Å²) in [6.45, 7) is 0. The molecule has 3 amide bonds. The monoisotopic (exact) mass is 273 g/mol. The number of nitriles is 1. The van der Waals surface area contributed by atoms with Crippen molar-refractivity contribution in [3.8, 4) is 6.07 Å². The van der Waals surface area contributed by atoms with Gasteiger partial charge in [-0.25, -0.2) is 9.59 Å². The van der Waals surface area contributed by atoms with E-state index in [-0.39, 0.29) is 0 Å². The number of anilines is 1. The van der Waals surface area contributed by atoms with Crippen LogP contribution in [0.5, 0.6) is 0 Å². The van der Waals surface area contributed by atoms with Crippen molar-refractivity contribution < 1.29 is 19.5 Å². The first-order valence-corrected chi connectivity index (χ1v) is 5.44. The number of hydrogen-bond acceptors (Lipinski definition) is 4. The number of benzene rings is 1. The number of carboxylic acids is 1. The van der Waals surface area contributed by atoms with Crippen LogP contribution in [0.4, 0.5) is 10.5 Å². The summed E-state index contributed by atoms with van der Waals surface area (Å²) in [6, 6.07) is 7.40. The van der Waals surface area contributed by atoms with E-state index in [2.05, 4.69) is 0 Å². The molecule has 0 heterocycles. The molecular weight excluding hydrogens is 262 g/mol. The van der Waals surface area contributed by atoms with Crippen LogP contribution in [0.15, 0.2) is 36.4 Å². The lowest BCUT2D eigenvalue weighted by atomic mass is 10.2. The zero-order valence-electron chi connectivity index (χ0n) is 10.5. The standard InChI is InChI=1S/C13H11N3O4/c1-16(10-4-2-9(8-14)3-5-10)13(20)15-11(17)6-7-12(18)19/h2-7H,1H3,(H,18,19)(H,15,17,20). The second-order valence-electron chi connectivity index (χ2n) is 3.68. The summed E-state index contributed by atoms with van der Waals surface area (Å²) >= 11 is 0. The number of urea groups is 1. The normalized spacial score (nSPS) is 9.80. The number of nitrogens with one attached hydrogen (secondary N) is 1. The van der Waals surface area contributed by atoms with E-state index in [0.29, 0.717) is 17.3 Å². The van der Waals surface area contributed by atoms with E-state index in [0.717, 1.165) is 11.0 Å². The Morgan fingerprint density at radius 2 is 1.85 bits per heavy atom. The Morgan fingerprint density at radius 3 is 2.35 bits per heavy atom. The van der Waals surface area contributed by atoms with E-state index in [1.54, 1.807) is 12.1 Å². The predicted molar refractivity (Wildman–Crippen MR) is 69.9 cm³/mol. The molecule has 0 aliphatic rings. The molecule has 0 radical (unpaired) electrons. The second-order valence-corrected chi connectivity index (χ2v) is 3.68. The number of nitrogens with zero attached hydrogens (tertiary/aromatic N) is 2. The van der Waals surface area contributed by atoms with E-state index in [1.165, 1.54) is 19.2 Å². The SMILES string of the molecule is CN(C(=O)NC(=O)C=CC(=O)O)c1ccc(C#N)cc1. The van der Waals surface area contributed by atoms with Gasteiger partial charge in [0, 0.05) is 24.9 Å². The van der Waals surface area contributed by atoms with Crippen molar-refractivity contribution in [2.75, 3.05) is 11.9 Å². The molecule has 0 saturated heterocycles. The highest BCUT2D eigenvalue weighted by atomic mass is 16.4. The van der Waals surface area contributed by atoms with Crippen LogP contribution in [0.1, 0.15) is 5.56 Å². The highest BCUT2D eigenvalue weighted by Gasteiger charge is 2.12. The second kappa shape index (κ2) is 6.70. The molecule has 20 heavy (non-hydrogen) atoms. The molecule has 0 spiro atoms. The van der Waals surface area contributed by atoms with E-state index < -0.39 is 17.9 Å². The van der Waals surface area contributed by atoms with E-state index in [9.17, 15) is 14.4 Å². The Balaban J connectivity index is 2.69. The fourth-order valence-electron chi connectivity index (χ4n) is 1.25. The lowest BCUT2D eigenvalue weighted by molar-refractivity contribution is -0.131. The van der Waals surface area contributed by atoms with Crippen LogP contribution in [0.2, 0.25) is 0 Å². The number of rotatable bonds is 3. The Labute approximate surface area is 114 Å². The summed E-state index contributed by atoms with van der Waals surface area (Å²) in [7, 11) is 1.44. The van der Waals surface area contributed by atoms with Gasteiger partial charge in [0.15, 0.2) is 0 Å². The van der Waals surface area contributed by atoms with Crippen LogP contribution >= 0.6 is 0 Å². The zero-order chi connectivity index (χ0) is 15.1. The average molecular weight is 273 g/mol. The van der Waals surface area contributed by atoms with E-state index in [1.807, 2.05) is 11.4 Å². The first kappa shape index (κ1) is 14.9. The molecule has 0 atom stereocenters. The smallest absolute Gasteiger partial charge is 0.328 e. The highest BCUT2D eigenvalue weighted by molar-refractivity contribution is 6.07. The first-order valence-electron chi connectivity index (χ1n) is 5.44. The third-order valence-electron chi connectivity index (χ3n) is 2.30. The first-order chi connectivity index (χ1) is 9.43. The Bertz CT molecular complexity index is 599. The van der Waals surface area contributed by atoms with Gasteiger partial charge in [0.2, 0.25) is 0 Å². The summed E-state index contributed by atoms with van der Waals surface area (Å²) in [5.74, 6) is -2.12. The Kier molecular flexibility index (Phi) is 5.00. The minimum absolute atomic E-state index is 0.447. The molecule has 102 valence electrons. The topological polar surface area (TPSA) is 110 Å². The maximum atomic E-state index is 11.7. The van der Waals surface area contributed by atoms with Crippen LogP contribution in [0, 0.1) is 11.3 Å². The molecule has 2 N–H and O–H groups in total. The molecule has 7 heteroatoms. The van der Waals surface area contributed by atoms with Crippen LogP contribution in [-0.4, -0.2) is 30.1 Å². The average Bonchev–Trinajstić information content (AvgIpc) is 2.44. The Hall–Kier alpha value is -3.14. The molecule has 0 unspecified atom stereocenters.